The summed E-state index contributed by atoms with van der Waals surface area (Å²) in [5.41, 5.74) is 2.09. The number of anilines is 1. The summed E-state index contributed by atoms with van der Waals surface area (Å²) in [6.45, 7) is 5.60. The third-order valence-corrected chi connectivity index (χ3v) is 6.78. The number of carbonyl (C=O) groups excluding carboxylic acids is 1. The zero-order chi connectivity index (χ0) is 20.9. The summed E-state index contributed by atoms with van der Waals surface area (Å²) >= 11 is 0. The summed E-state index contributed by atoms with van der Waals surface area (Å²) in [6, 6.07) is 13.6. The van der Waals surface area contributed by atoms with E-state index in [9.17, 15) is 13.2 Å². The number of benzene rings is 2. The lowest BCUT2D eigenvalue weighted by atomic mass is 10.1. The van der Waals surface area contributed by atoms with E-state index in [1.54, 1.807) is 36.4 Å². The minimum atomic E-state index is -3.47. The Hall–Kier alpha value is -2.22. The fourth-order valence-electron chi connectivity index (χ4n) is 3.18. The van der Waals surface area contributed by atoms with Gasteiger partial charge in [-0.1, -0.05) is 18.6 Å². The molecule has 0 spiro atoms. The SMILES string of the molecule is CC(C)OCc1ccc(C(=O)Nc2ccc(S(=O)(=O)N3CCCCC3)cc2)cc1. The highest BCUT2D eigenvalue weighted by atomic mass is 32.2. The first-order valence-corrected chi connectivity index (χ1v) is 11.4. The molecule has 1 N–H and O–H groups in total. The molecule has 3 rings (SSSR count). The van der Waals surface area contributed by atoms with Crippen LogP contribution in [-0.4, -0.2) is 37.8 Å². The number of hydrogen-bond acceptors (Lipinski definition) is 4. The number of nitrogens with one attached hydrogen (secondary N) is 1. The van der Waals surface area contributed by atoms with Crippen LogP contribution in [0.2, 0.25) is 0 Å². The van der Waals surface area contributed by atoms with Gasteiger partial charge in [-0.3, -0.25) is 4.79 Å². The van der Waals surface area contributed by atoms with E-state index in [0.29, 0.717) is 30.9 Å². The average Bonchev–Trinajstić information content (AvgIpc) is 2.73. The van der Waals surface area contributed by atoms with Gasteiger partial charge in [0.05, 0.1) is 17.6 Å². The highest BCUT2D eigenvalue weighted by Gasteiger charge is 2.25. The molecule has 6 nitrogen and oxygen atoms in total. The molecule has 7 heteroatoms. The lowest BCUT2D eigenvalue weighted by Crippen LogP contribution is -2.35. The van der Waals surface area contributed by atoms with Crippen molar-refractivity contribution in [3.63, 3.8) is 0 Å². The van der Waals surface area contributed by atoms with Crippen molar-refractivity contribution >= 4 is 21.6 Å². The minimum Gasteiger partial charge on any atom is -0.374 e. The molecule has 0 aromatic heterocycles. The largest absolute Gasteiger partial charge is 0.374 e. The van der Waals surface area contributed by atoms with Gasteiger partial charge in [0.25, 0.3) is 5.91 Å². The first-order chi connectivity index (χ1) is 13.9. The lowest BCUT2D eigenvalue weighted by Gasteiger charge is -2.25. The highest BCUT2D eigenvalue weighted by Crippen LogP contribution is 2.22. The van der Waals surface area contributed by atoms with Crippen LogP contribution in [0.3, 0.4) is 0 Å². The summed E-state index contributed by atoms with van der Waals surface area (Å²) in [5, 5.41) is 2.81. The Morgan fingerprint density at radius 1 is 1.00 bits per heavy atom. The molecule has 0 unspecified atom stereocenters. The van der Waals surface area contributed by atoms with E-state index in [4.69, 9.17) is 4.74 Å². The summed E-state index contributed by atoms with van der Waals surface area (Å²) in [5.74, 6) is -0.243. The van der Waals surface area contributed by atoms with Gasteiger partial charge in [0.1, 0.15) is 0 Å². The Balaban J connectivity index is 1.62. The number of ether oxygens (including phenoxy) is 1. The van der Waals surface area contributed by atoms with E-state index < -0.39 is 10.0 Å². The lowest BCUT2D eigenvalue weighted by molar-refractivity contribution is 0.0657. The van der Waals surface area contributed by atoms with Crippen LogP contribution in [0, 0.1) is 0 Å². The third kappa shape index (κ3) is 5.65. The normalized spacial score (nSPS) is 15.4. The Kier molecular flexibility index (Phi) is 7.05. The number of piperidine rings is 1. The summed E-state index contributed by atoms with van der Waals surface area (Å²) < 4.78 is 32.5. The number of sulfonamides is 1. The molecule has 1 aliphatic heterocycles. The van der Waals surface area contributed by atoms with E-state index in [0.717, 1.165) is 24.8 Å². The summed E-state index contributed by atoms with van der Waals surface area (Å²) in [6.07, 6.45) is 3.02. The number of carbonyl (C=O) groups is 1. The monoisotopic (exact) mass is 416 g/mol. The molecular formula is C22H28N2O4S. The van der Waals surface area contributed by atoms with Crippen LogP contribution in [0.5, 0.6) is 0 Å². The Bertz CT molecular complexity index is 916. The average molecular weight is 417 g/mol. The van der Waals surface area contributed by atoms with Crippen molar-refractivity contribution in [2.24, 2.45) is 0 Å². The van der Waals surface area contributed by atoms with Gasteiger partial charge in [0.15, 0.2) is 0 Å². The molecule has 1 amide bonds. The van der Waals surface area contributed by atoms with Gasteiger partial charge in [-0.2, -0.15) is 4.31 Å². The molecule has 0 aliphatic carbocycles. The van der Waals surface area contributed by atoms with Gasteiger partial charge >= 0.3 is 0 Å². The molecule has 0 bridgehead atoms. The zero-order valence-electron chi connectivity index (χ0n) is 16.9. The van der Waals surface area contributed by atoms with Gasteiger partial charge in [0, 0.05) is 24.3 Å². The fraction of sp³-hybridized carbons (Fsp3) is 0.409. The molecule has 156 valence electrons. The molecule has 0 atom stereocenters. The third-order valence-electron chi connectivity index (χ3n) is 4.86. The van der Waals surface area contributed by atoms with Gasteiger partial charge in [-0.15, -0.1) is 0 Å². The van der Waals surface area contributed by atoms with Crippen LogP contribution < -0.4 is 5.32 Å². The number of nitrogens with zero attached hydrogens (tertiary/aromatic N) is 1. The molecule has 2 aromatic carbocycles. The van der Waals surface area contributed by atoms with Crippen LogP contribution in [0.15, 0.2) is 53.4 Å². The molecule has 1 fully saturated rings. The number of amides is 1. The topological polar surface area (TPSA) is 75.7 Å². The maximum Gasteiger partial charge on any atom is 0.255 e. The Morgan fingerprint density at radius 3 is 2.21 bits per heavy atom. The van der Waals surface area contributed by atoms with Gasteiger partial charge < -0.3 is 10.1 Å². The molecule has 29 heavy (non-hydrogen) atoms. The van der Waals surface area contributed by atoms with E-state index in [2.05, 4.69) is 5.32 Å². The smallest absolute Gasteiger partial charge is 0.255 e. The van der Waals surface area contributed by atoms with Crippen LogP contribution in [-0.2, 0) is 21.4 Å². The van der Waals surface area contributed by atoms with E-state index in [1.807, 2.05) is 26.0 Å². The van der Waals surface area contributed by atoms with Gasteiger partial charge in [-0.25, -0.2) is 8.42 Å². The zero-order valence-corrected chi connectivity index (χ0v) is 17.7. The predicted octanol–water partition coefficient (Wildman–Crippen LogP) is 4.04. The molecule has 1 heterocycles. The predicted molar refractivity (Wildman–Crippen MR) is 113 cm³/mol. The molecule has 0 saturated carbocycles. The van der Waals surface area contributed by atoms with E-state index in [-0.39, 0.29) is 16.9 Å². The maximum absolute atomic E-state index is 12.7. The van der Waals surface area contributed by atoms with Crippen molar-refractivity contribution in [2.75, 3.05) is 18.4 Å². The minimum absolute atomic E-state index is 0.152. The Morgan fingerprint density at radius 2 is 1.62 bits per heavy atom. The van der Waals surface area contributed by atoms with Crippen molar-refractivity contribution in [2.45, 2.75) is 50.7 Å². The van der Waals surface area contributed by atoms with Crippen molar-refractivity contribution in [3.05, 3.63) is 59.7 Å². The Labute approximate surface area is 172 Å². The van der Waals surface area contributed by atoms with Crippen LogP contribution >= 0.6 is 0 Å². The van der Waals surface area contributed by atoms with Crippen molar-refractivity contribution < 1.29 is 17.9 Å². The molecule has 2 aromatic rings. The van der Waals surface area contributed by atoms with Crippen molar-refractivity contribution in [1.82, 2.24) is 4.31 Å². The van der Waals surface area contributed by atoms with Crippen LogP contribution in [0.1, 0.15) is 49.0 Å². The first-order valence-electron chi connectivity index (χ1n) is 9.98. The van der Waals surface area contributed by atoms with Crippen LogP contribution in [0.4, 0.5) is 5.69 Å². The molecule has 1 saturated heterocycles. The van der Waals surface area contributed by atoms with Crippen LogP contribution in [0.25, 0.3) is 0 Å². The second kappa shape index (κ2) is 9.52. The summed E-state index contributed by atoms with van der Waals surface area (Å²) in [4.78, 5) is 12.7. The van der Waals surface area contributed by atoms with Gasteiger partial charge in [-0.05, 0) is 68.7 Å². The second-order valence-corrected chi connectivity index (χ2v) is 9.44. The van der Waals surface area contributed by atoms with E-state index >= 15 is 0 Å². The van der Waals surface area contributed by atoms with Gasteiger partial charge in [0.2, 0.25) is 10.0 Å². The maximum atomic E-state index is 12.7. The highest BCUT2D eigenvalue weighted by molar-refractivity contribution is 7.89. The number of hydrogen-bond donors (Lipinski definition) is 1. The van der Waals surface area contributed by atoms with Crippen molar-refractivity contribution in [1.29, 1.82) is 0 Å². The standard InChI is InChI=1S/C22H28N2O4S/c1-17(2)28-16-18-6-8-19(9-7-18)22(25)23-20-10-12-21(13-11-20)29(26,27)24-14-4-3-5-15-24/h6-13,17H,3-5,14-16H2,1-2H3,(H,23,25). The quantitative estimate of drug-likeness (QED) is 0.739. The fourth-order valence-corrected chi connectivity index (χ4v) is 4.70. The second-order valence-electron chi connectivity index (χ2n) is 7.50. The van der Waals surface area contributed by atoms with E-state index in [1.165, 1.54) is 4.31 Å². The molecule has 0 radical (unpaired) electrons. The molecular weight excluding hydrogens is 388 g/mol. The van der Waals surface area contributed by atoms with Crippen molar-refractivity contribution in [3.8, 4) is 0 Å². The first kappa shape index (κ1) is 21.5. The summed E-state index contributed by atoms with van der Waals surface area (Å²) in [7, 11) is -3.47. The molecule has 1 aliphatic rings. The number of rotatable bonds is 7.